The van der Waals surface area contributed by atoms with Crippen LogP contribution in [-0.2, 0) is 9.47 Å². The van der Waals surface area contributed by atoms with Crippen LogP contribution in [0.2, 0.25) is 0 Å². The van der Waals surface area contributed by atoms with Crippen molar-refractivity contribution in [2.24, 2.45) is 11.8 Å². The number of hydrogen-bond donors (Lipinski definition) is 0. The number of benzene rings is 2. The molecule has 2 nitrogen and oxygen atoms in total. The van der Waals surface area contributed by atoms with E-state index >= 15 is 0 Å². The molecule has 1 aliphatic heterocycles. The van der Waals surface area contributed by atoms with Gasteiger partial charge in [0.25, 0.3) is 0 Å². The molecule has 1 aliphatic carbocycles. The summed E-state index contributed by atoms with van der Waals surface area (Å²) in [6.07, 6.45) is 7.80. The van der Waals surface area contributed by atoms with Crippen molar-refractivity contribution >= 4 is 12.2 Å². The first-order valence-electron chi connectivity index (χ1n) is 11.3. The van der Waals surface area contributed by atoms with Crippen LogP contribution in [0.25, 0.3) is 12.2 Å². The molecule has 32 heavy (non-hydrogen) atoms. The van der Waals surface area contributed by atoms with Gasteiger partial charge in [-0.15, -0.1) is 6.58 Å². The Labute approximate surface area is 187 Å². The van der Waals surface area contributed by atoms with Crippen molar-refractivity contribution in [3.05, 3.63) is 82.9 Å². The fourth-order valence-electron chi connectivity index (χ4n) is 4.46. The van der Waals surface area contributed by atoms with E-state index in [1.54, 1.807) is 30.4 Å². The predicted molar refractivity (Wildman–Crippen MR) is 121 cm³/mol. The molecule has 1 heterocycles. The van der Waals surface area contributed by atoms with Crippen LogP contribution in [0.3, 0.4) is 0 Å². The van der Waals surface area contributed by atoms with Gasteiger partial charge in [0.1, 0.15) is 11.6 Å². The van der Waals surface area contributed by atoms with Gasteiger partial charge in [-0.2, -0.15) is 0 Å². The molecular weight excluding hydrogens is 413 g/mol. The second kappa shape index (κ2) is 10.5. The van der Waals surface area contributed by atoms with Crippen molar-refractivity contribution in [1.82, 2.24) is 0 Å². The molecule has 1 saturated carbocycles. The second-order valence-electron chi connectivity index (χ2n) is 8.76. The van der Waals surface area contributed by atoms with E-state index in [9.17, 15) is 13.2 Å². The van der Waals surface area contributed by atoms with Crippen LogP contribution in [0.1, 0.15) is 60.1 Å². The Morgan fingerprint density at radius 3 is 2.28 bits per heavy atom. The summed E-state index contributed by atoms with van der Waals surface area (Å²) in [6.45, 7) is 4.44. The number of ether oxygens (including phenoxy) is 2. The Hall–Kier alpha value is -2.37. The Kier molecular flexibility index (Phi) is 7.48. The zero-order chi connectivity index (χ0) is 22.5. The van der Waals surface area contributed by atoms with E-state index in [-0.39, 0.29) is 30.2 Å². The van der Waals surface area contributed by atoms with E-state index in [2.05, 4.69) is 6.58 Å². The molecule has 0 radical (unpaired) electrons. The monoisotopic (exact) mass is 442 g/mol. The predicted octanol–water partition coefficient (Wildman–Crippen LogP) is 7.23. The van der Waals surface area contributed by atoms with E-state index in [0.717, 1.165) is 25.7 Å². The minimum Gasteiger partial charge on any atom is -0.348 e. The molecular formula is C27H29F3O2. The quantitative estimate of drug-likeness (QED) is 0.347. The van der Waals surface area contributed by atoms with Crippen LogP contribution in [-0.4, -0.2) is 19.9 Å². The number of hydrogen-bond acceptors (Lipinski definition) is 2. The highest BCUT2D eigenvalue weighted by Crippen LogP contribution is 2.37. The molecule has 4 rings (SSSR count). The Balaban J connectivity index is 1.41. The van der Waals surface area contributed by atoms with Gasteiger partial charge in [0.05, 0.1) is 19.9 Å². The summed E-state index contributed by atoms with van der Waals surface area (Å²) in [5.74, 6) is -0.227. The summed E-state index contributed by atoms with van der Waals surface area (Å²) in [6, 6.07) is 10.0. The molecule has 0 amide bonds. The van der Waals surface area contributed by atoms with Crippen LogP contribution in [0.4, 0.5) is 13.2 Å². The fourth-order valence-corrected chi connectivity index (χ4v) is 4.46. The molecule has 5 heteroatoms. The van der Waals surface area contributed by atoms with E-state index in [1.165, 1.54) is 12.1 Å². The van der Waals surface area contributed by atoms with Crippen molar-refractivity contribution < 1.29 is 22.6 Å². The molecule has 0 atom stereocenters. The number of rotatable bonds is 6. The lowest BCUT2D eigenvalue weighted by Crippen LogP contribution is -2.25. The molecule has 2 aliphatic rings. The van der Waals surface area contributed by atoms with E-state index in [4.69, 9.17) is 9.47 Å². The lowest BCUT2D eigenvalue weighted by Gasteiger charge is -2.28. The van der Waals surface area contributed by atoms with Gasteiger partial charge in [0.2, 0.25) is 0 Å². The SMILES string of the molecule is C=CC1COC(c2ccc(/C=C/c3ccc(C4CCC(CF)CC4)c(F)c3)c(F)c2)OC1. The molecule has 1 saturated heterocycles. The summed E-state index contributed by atoms with van der Waals surface area (Å²) >= 11 is 0. The summed E-state index contributed by atoms with van der Waals surface area (Å²) < 4.78 is 53.4. The van der Waals surface area contributed by atoms with Gasteiger partial charge in [-0.1, -0.05) is 42.5 Å². The minimum atomic E-state index is -0.583. The van der Waals surface area contributed by atoms with Gasteiger partial charge in [0, 0.05) is 17.0 Å². The third kappa shape index (κ3) is 5.33. The summed E-state index contributed by atoms with van der Waals surface area (Å²) in [4.78, 5) is 0. The first kappa shape index (κ1) is 22.8. The third-order valence-electron chi connectivity index (χ3n) is 6.54. The zero-order valence-corrected chi connectivity index (χ0v) is 18.1. The van der Waals surface area contributed by atoms with Gasteiger partial charge in [0.15, 0.2) is 6.29 Å². The molecule has 2 aromatic carbocycles. The lowest BCUT2D eigenvalue weighted by molar-refractivity contribution is -0.197. The van der Waals surface area contributed by atoms with E-state index in [1.807, 2.05) is 12.1 Å². The fraction of sp³-hybridized carbons (Fsp3) is 0.407. The molecule has 2 fully saturated rings. The van der Waals surface area contributed by atoms with Crippen molar-refractivity contribution in [3.8, 4) is 0 Å². The van der Waals surface area contributed by atoms with Crippen molar-refractivity contribution in [2.45, 2.75) is 37.9 Å². The van der Waals surface area contributed by atoms with Gasteiger partial charge in [-0.3, -0.25) is 4.39 Å². The highest BCUT2D eigenvalue weighted by atomic mass is 19.1. The van der Waals surface area contributed by atoms with Crippen LogP contribution < -0.4 is 0 Å². The maximum absolute atomic E-state index is 14.7. The molecule has 0 bridgehead atoms. The molecule has 0 aromatic heterocycles. The van der Waals surface area contributed by atoms with Crippen LogP contribution in [0.5, 0.6) is 0 Å². The molecule has 0 unspecified atom stereocenters. The van der Waals surface area contributed by atoms with Gasteiger partial charge in [-0.25, -0.2) is 8.78 Å². The standard InChI is InChI=1S/C27H29F3O2/c1-2-18-16-31-27(32-17-18)23-11-10-22(25(29)14-23)9-3-19-6-12-24(26(30)13-19)21-7-4-20(15-28)5-8-21/h2-3,6,9-14,18,20-21,27H,1,4-5,7-8,15-17H2/b9-3+. The van der Waals surface area contributed by atoms with Crippen molar-refractivity contribution in [3.63, 3.8) is 0 Å². The van der Waals surface area contributed by atoms with Gasteiger partial charge in [-0.05, 0) is 60.8 Å². The van der Waals surface area contributed by atoms with Gasteiger partial charge < -0.3 is 9.47 Å². The van der Waals surface area contributed by atoms with Gasteiger partial charge >= 0.3 is 0 Å². The van der Waals surface area contributed by atoms with E-state index in [0.29, 0.717) is 35.5 Å². The van der Waals surface area contributed by atoms with E-state index < -0.39 is 12.1 Å². The maximum atomic E-state index is 14.7. The number of halogens is 3. The second-order valence-corrected chi connectivity index (χ2v) is 8.76. The Morgan fingerprint density at radius 1 is 0.906 bits per heavy atom. The zero-order valence-electron chi connectivity index (χ0n) is 18.1. The Bertz CT molecular complexity index is 955. The van der Waals surface area contributed by atoms with Crippen LogP contribution in [0, 0.1) is 23.5 Å². The largest absolute Gasteiger partial charge is 0.348 e. The van der Waals surface area contributed by atoms with Crippen LogP contribution in [0.15, 0.2) is 49.1 Å². The average Bonchev–Trinajstić information content (AvgIpc) is 2.83. The lowest BCUT2D eigenvalue weighted by atomic mass is 9.79. The van der Waals surface area contributed by atoms with Crippen LogP contribution >= 0.6 is 0 Å². The summed E-state index contributed by atoms with van der Waals surface area (Å²) in [5.41, 5.74) is 2.39. The minimum absolute atomic E-state index is 0.123. The van der Waals surface area contributed by atoms with Crippen molar-refractivity contribution in [2.75, 3.05) is 19.9 Å². The molecule has 2 aromatic rings. The highest BCUT2D eigenvalue weighted by molar-refractivity contribution is 5.70. The first-order chi connectivity index (χ1) is 15.6. The molecule has 0 N–H and O–H groups in total. The maximum Gasteiger partial charge on any atom is 0.183 e. The normalized spacial score (nSPS) is 26.3. The third-order valence-corrected chi connectivity index (χ3v) is 6.54. The summed E-state index contributed by atoms with van der Waals surface area (Å²) in [7, 11) is 0. The number of alkyl halides is 1. The molecule has 170 valence electrons. The molecule has 0 spiro atoms. The Morgan fingerprint density at radius 2 is 1.66 bits per heavy atom. The highest BCUT2D eigenvalue weighted by Gasteiger charge is 2.24. The smallest absolute Gasteiger partial charge is 0.183 e. The van der Waals surface area contributed by atoms with Crippen molar-refractivity contribution in [1.29, 1.82) is 0 Å². The topological polar surface area (TPSA) is 18.5 Å². The average molecular weight is 443 g/mol. The first-order valence-corrected chi connectivity index (χ1v) is 11.3. The summed E-state index contributed by atoms with van der Waals surface area (Å²) in [5, 5.41) is 0.